The lowest BCUT2D eigenvalue weighted by atomic mass is 9.86. The standard InChI is InChI=1S/C17H20Cl6N2O5/c1-15(2,3)11-7-10(5-6-12(11)28-4)25(14(27)30-9-17(21,22)23)24-13(26)29-8-16(18,19)20/h5-7H,8-9H2,1-4H3,(H,24,26). The van der Waals surface area contributed by atoms with E-state index in [0.717, 1.165) is 10.6 Å². The normalized spacial score (nSPS) is 12.2. The Labute approximate surface area is 204 Å². The minimum absolute atomic E-state index is 0.223. The molecule has 0 fully saturated rings. The van der Waals surface area contributed by atoms with Crippen LogP contribution in [0.5, 0.6) is 5.75 Å². The van der Waals surface area contributed by atoms with Crippen molar-refractivity contribution in [1.29, 1.82) is 0 Å². The second-order valence-electron chi connectivity index (χ2n) is 6.94. The smallest absolute Gasteiger partial charge is 0.433 e. The van der Waals surface area contributed by atoms with Gasteiger partial charge in [0.1, 0.15) is 19.0 Å². The summed E-state index contributed by atoms with van der Waals surface area (Å²) >= 11 is 33.5. The van der Waals surface area contributed by atoms with Gasteiger partial charge in [-0.05, 0) is 23.6 Å². The highest BCUT2D eigenvalue weighted by Crippen LogP contribution is 2.35. The Morgan fingerprint density at radius 1 is 0.967 bits per heavy atom. The van der Waals surface area contributed by atoms with E-state index in [9.17, 15) is 9.59 Å². The fourth-order valence-electron chi connectivity index (χ4n) is 2.12. The van der Waals surface area contributed by atoms with Crippen LogP contribution in [0.25, 0.3) is 0 Å². The monoisotopic (exact) mass is 542 g/mol. The third-order valence-electron chi connectivity index (χ3n) is 3.36. The van der Waals surface area contributed by atoms with E-state index in [4.69, 9.17) is 83.8 Å². The van der Waals surface area contributed by atoms with Gasteiger partial charge >= 0.3 is 12.2 Å². The van der Waals surface area contributed by atoms with Crippen LogP contribution < -0.4 is 15.2 Å². The summed E-state index contributed by atoms with van der Waals surface area (Å²) < 4.78 is 11.4. The number of amides is 2. The number of ether oxygens (including phenoxy) is 3. The van der Waals surface area contributed by atoms with Gasteiger partial charge < -0.3 is 14.2 Å². The number of anilines is 1. The van der Waals surface area contributed by atoms with Crippen molar-refractivity contribution in [2.24, 2.45) is 0 Å². The summed E-state index contributed by atoms with van der Waals surface area (Å²) in [5.41, 5.74) is 2.82. The lowest BCUT2D eigenvalue weighted by molar-refractivity contribution is 0.135. The summed E-state index contributed by atoms with van der Waals surface area (Å²) in [7, 11) is 1.52. The van der Waals surface area contributed by atoms with E-state index >= 15 is 0 Å². The van der Waals surface area contributed by atoms with Gasteiger partial charge in [-0.15, -0.1) is 0 Å². The molecule has 30 heavy (non-hydrogen) atoms. The zero-order chi connectivity index (χ0) is 23.3. The number of hydrogen-bond donors (Lipinski definition) is 1. The molecule has 0 aliphatic rings. The van der Waals surface area contributed by atoms with Crippen LogP contribution in [0.15, 0.2) is 18.2 Å². The minimum Gasteiger partial charge on any atom is -0.496 e. The largest absolute Gasteiger partial charge is 0.496 e. The quantitative estimate of drug-likeness (QED) is 0.354. The molecule has 13 heteroatoms. The first kappa shape index (κ1) is 27.3. The summed E-state index contributed by atoms with van der Waals surface area (Å²) in [6.45, 7) is 4.71. The first-order valence-corrected chi connectivity index (χ1v) is 10.5. The maximum atomic E-state index is 12.6. The average molecular weight is 545 g/mol. The van der Waals surface area contributed by atoms with Gasteiger partial charge in [0.05, 0.1) is 12.8 Å². The zero-order valence-corrected chi connectivity index (χ0v) is 20.9. The number of benzene rings is 1. The van der Waals surface area contributed by atoms with Gasteiger partial charge in [0.2, 0.25) is 7.59 Å². The third kappa shape index (κ3) is 9.62. The van der Waals surface area contributed by atoms with Gasteiger partial charge in [-0.3, -0.25) is 0 Å². The van der Waals surface area contributed by atoms with Gasteiger partial charge in [-0.2, -0.15) is 5.01 Å². The molecule has 2 amide bonds. The summed E-state index contributed by atoms with van der Waals surface area (Å²) in [6, 6.07) is 4.77. The molecule has 0 aromatic heterocycles. The fraction of sp³-hybridized carbons (Fsp3) is 0.529. The van der Waals surface area contributed by atoms with Crippen LogP contribution in [0, 0.1) is 0 Å². The first-order valence-electron chi connectivity index (χ1n) is 8.26. The molecule has 1 rings (SSSR count). The van der Waals surface area contributed by atoms with E-state index in [1.165, 1.54) is 13.2 Å². The highest BCUT2D eigenvalue weighted by Gasteiger charge is 2.29. The molecule has 7 nitrogen and oxygen atoms in total. The van der Waals surface area contributed by atoms with Crippen molar-refractivity contribution in [3.8, 4) is 5.75 Å². The molecular weight excluding hydrogens is 525 g/mol. The van der Waals surface area contributed by atoms with E-state index in [0.29, 0.717) is 5.75 Å². The van der Waals surface area contributed by atoms with Crippen LogP contribution in [0.1, 0.15) is 26.3 Å². The van der Waals surface area contributed by atoms with E-state index in [-0.39, 0.29) is 11.1 Å². The molecule has 0 aliphatic carbocycles. The van der Waals surface area contributed by atoms with Gasteiger partial charge in [0.15, 0.2) is 0 Å². The van der Waals surface area contributed by atoms with E-state index in [1.54, 1.807) is 12.1 Å². The van der Waals surface area contributed by atoms with Gasteiger partial charge in [-0.25, -0.2) is 15.0 Å². The average Bonchev–Trinajstić information content (AvgIpc) is 2.60. The van der Waals surface area contributed by atoms with Crippen molar-refractivity contribution >= 4 is 87.5 Å². The van der Waals surface area contributed by atoms with Crippen LogP contribution in [-0.2, 0) is 14.9 Å². The first-order chi connectivity index (χ1) is 13.5. The van der Waals surface area contributed by atoms with E-state index < -0.39 is 33.0 Å². The lowest BCUT2D eigenvalue weighted by Crippen LogP contribution is -2.48. The number of halogens is 6. The second kappa shape index (κ2) is 10.7. The Morgan fingerprint density at radius 2 is 1.50 bits per heavy atom. The van der Waals surface area contributed by atoms with Gasteiger partial charge in [0.25, 0.3) is 0 Å². The van der Waals surface area contributed by atoms with Crippen molar-refractivity contribution in [1.82, 2.24) is 5.43 Å². The molecule has 0 radical (unpaired) electrons. The molecule has 170 valence electrons. The van der Waals surface area contributed by atoms with E-state index in [2.05, 4.69) is 5.43 Å². The molecule has 0 unspecified atom stereocenters. The number of carbonyl (C=O) groups excluding carboxylic acids is 2. The van der Waals surface area contributed by atoms with Crippen molar-refractivity contribution in [3.05, 3.63) is 23.8 Å². The number of hydrogen-bond acceptors (Lipinski definition) is 5. The number of carbonyl (C=O) groups is 2. The van der Waals surface area contributed by atoms with Crippen molar-refractivity contribution in [3.63, 3.8) is 0 Å². The van der Waals surface area contributed by atoms with Crippen molar-refractivity contribution in [2.45, 2.75) is 33.8 Å². The van der Waals surface area contributed by atoms with Crippen LogP contribution in [0.3, 0.4) is 0 Å². The molecular formula is C17H20Cl6N2O5. The number of methoxy groups -OCH3 is 1. The summed E-state index contributed by atoms with van der Waals surface area (Å²) in [5.74, 6) is 0.583. The highest BCUT2D eigenvalue weighted by molar-refractivity contribution is 6.68. The van der Waals surface area contributed by atoms with Crippen LogP contribution in [-0.4, -0.2) is 40.1 Å². The molecule has 0 saturated carbocycles. The van der Waals surface area contributed by atoms with Crippen molar-refractivity contribution in [2.75, 3.05) is 25.3 Å². The molecule has 0 saturated heterocycles. The summed E-state index contributed by atoms with van der Waals surface area (Å²) in [4.78, 5) is 24.7. The van der Waals surface area contributed by atoms with Crippen molar-refractivity contribution < 1.29 is 23.8 Å². The number of hydrazine groups is 1. The third-order valence-corrected chi connectivity index (χ3v) is 4.02. The Bertz CT molecular complexity index is 758. The fourth-order valence-corrected chi connectivity index (χ4v) is 2.44. The molecule has 1 aromatic carbocycles. The predicted molar refractivity (Wildman–Crippen MR) is 121 cm³/mol. The van der Waals surface area contributed by atoms with Gasteiger partial charge in [0, 0.05) is 5.56 Å². The lowest BCUT2D eigenvalue weighted by Gasteiger charge is -2.27. The van der Waals surface area contributed by atoms with Crippen LogP contribution in [0.2, 0.25) is 0 Å². The summed E-state index contributed by atoms with van der Waals surface area (Å²) in [5, 5.41) is 0.770. The Balaban J connectivity index is 3.22. The number of rotatable bonds is 4. The maximum absolute atomic E-state index is 12.6. The second-order valence-corrected chi connectivity index (χ2v) is 12.0. The molecule has 0 bridgehead atoms. The Hall–Kier alpha value is -0.700. The Morgan fingerprint density at radius 3 is 1.97 bits per heavy atom. The molecule has 0 atom stereocenters. The zero-order valence-electron chi connectivity index (χ0n) is 16.4. The van der Waals surface area contributed by atoms with Crippen LogP contribution >= 0.6 is 69.6 Å². The predicted octanol–water partition coefficient (Wildman–Crippen LogP) is 6.32. The topological polar surface area (TPSA) is 77.1 Å². The summed E-state index contributed by atoms with van der Waals surface area (Å²) in [6.07, 6.45) is -2.13. The SMILES string of the molecule is COc1ccc(N(NC(=O)OCC(Cl)(Cl)Cl)C(=O)OCC(Cl)(Cl)Cl)cc1C(C)(C)C. The molecule has 0 aliphatic heterocycles. The highest BCUT2D eigenvalue weighted by atomic mass is 35.6. The van der Waals surface area contributed by atoms with Crippen LogP contribution in [0.4, 0.5) is 15.3 Å². The number of nitrogens with zero attached hydrogens (tertiary/aromatic N) is 1. The minimum atomic E-state index is -1.85. The molecule has 1 aromatic rings. The maximum Gasteiger partial charge on any atom is 0.433 e. The molecule has 0 spiro atoms. The van der Waals surface area contributed by atoms with E-state index in [1.807, 2.05) is 20.8 Å². The molecule has 1 N–H and O–H groups in total. The number of alkyl halides is 6. The Kier molecular flexibility index (Phi) is 9.79. The molecule has 0 heterocycles. The number of nitrogens with one attached hydrogen (secondary N) is 1. The van der Waals surface area contributed by atoms with Gasteiger partial charge in [-0.1, -0.05) is 90.4 Å².